The Balaban J connectivity index is 1.84. The fraction of sp³-hybridized carbons (Fsp3) is 0.571. The first-order valence-electron chi connectivity index (χ1n) is 6.64. The molecule has 1 saturated heterocycles. The number of nitro groups is 1. The van der Waals surface area contributed by atoms with E-state index in [2.05, 4.69) is 12.2 Å². The molecule has 1 aromatic carbocycles. The summed E-state index contributed by atoms with van der Waals surface area (Å²) in [5.74, 6) is 0. The summed E-state index contributed by atoms with van der Waals surface area (Å²) in [6, 6.07) is 8.14. The topological polar surface area (TPSA) is 55.2 Å². The number of rotatable bonds is 4. The van der Waals surface area contributed by atoms with Gasteiger partial charge in [0.25, 0.3) is 5.69 Å². The summed E-state index contributed by atoms with van der Waals surface area (Å²) in [5, 5.41) is 14.2. The Kier molecular flexibility index (Phi) is 4.31. The van der Waals surface area contributed by atoms with Gasteiger partial charge in [0.05, 0.1) is 4.92 Å². The third-order valence-corrected chi connectivity index (χ3v) is 3.64. The Morgan fingerprint density at radius 3 is 2.67 bits per heavy atom. The molecule has 1 aromatic rings. The van der Waals surface area contributed by atoms with Crippen LogP contribution in [0, 0.1) is 10.1 Å². The SMILES string of the molecule is CC1CCCC(CCc2ccc([N+](=O)[O-])cc2)N1. The number of nitro benzene ring substituents is 1. The smallest absolute Gasteiger partial charge is 0.269 e. The first-order valence-corrected chi connectivity index (χ1v) is 6.64. The van der Waals surface area contributed by atoms with Gasteiger partial charge in [0.1, 0.15) is 0 Å². The molecule has 0 saturated carbocycles. The van der Waals surface area contributed by atoms with Crippen LogP contribution in [0.3, 0.4) is 0 Å². The standard InChI is InChI=1S/C14H20N2O2/c1-11-3-2-4-13(15-11)8-5-12-6-9-14(10-7-12)16(17)18/h6-7,9-11,13,15H,2-5,8H2,1H3. The molecule has 0 amide bonds. The van der Waals surface area contributed by atoms with Gasteiger partial charge in [-0.05, 0) is 38.2 Å². The number of nitrogens with zero attached hydrogens (tertiary/aromatic N) is 1. The number of hydrogen-bond acceptors (Lipinski definition) is 3. The first-order chi connectivity index (χ1) is 8.65. The molecule has 2 unspecified atom stereocenters. The van der Waals surface area contributed by atoms with Crippen molar-refractivity contribution < 1.29 is 4.92 Å². The fourth-order valence-electron chi connectivity index (χ4n) is 2.59. The van der Waals surface area contributed by atoms with Gasteiger partial charge in [-0.3, -0.25) is 10.1 Å². The highest BCUT2D eigenvalue weighted by molar-refractivity contribution is 5.32. The molecule has 1 heterocycles. The highest BCUT2D eigenvalue weighted by atomic mass is 16.6. The van der Waals surface area contributed by atoms with Crippen molar-refractivity contribution in [3.05, 3.63) is 39.9 Å². The maximum atomic E-state index is 10.5. The molecule has 0 aliphatic carbocycles. The summed E-state index contributed by atoms with van der Waals surface area (Å²) < 4.78 is 0. The van der Waals surface area contributed by atoms with Crippen molar-refractivity contribution in [2.75, 3.05) is 0 Å². The van der Waals surface area contributed by atoms with Crippen LogP contribution < -0.4 is 5.32 Å². The lowest BCUT2D eigenvalue weighted by Crippen LogP contribution is -2.40. The minimum atomic E-state index is -0.353. The van der Waals surface area contributed by atoms with Crippen LogP contribution in [0.25, 0.3) is 0 Å². The Bertz CT molecular complexity index is 403. The van der Waals surface area contributed by atoms with Crippen LogP contribution >= 0.6 is 0 Å². The molecular weight excluding hydrogens is 228 g/mol. The van der Waals surface area contributed by atoms with Crippen LogP contribution in [0.2, 0.25) is 0 Å². The van der Waals surface area contributed by atoms with Crippen LogP contribution in [-0.2, 0) is 6.42 Å². The zero-order valence-electron chi connectivity index (χ0n) is 10.8. The largest absolute Gasteiger partial charge is 0.311 e. The van der Waals surface area contributed by atoms with Crippen molar-refractivity contribution in [3.63, 3.8) is 0 Å². The van der Waals surface area contributed by atoms with Crippen LogP contribution in [0.5, 0.6) is 0 Å². The molecular formula is C14H20N2O2. The van der Waals surface area contributed by atoms with Gasteiger partial charge in [0.15, 0.2) is 0 Å². The van der Waals surface area contributed by atoms with Crippen molar-refractivity contribution in [3.8, 4) is 0 Å². The Morgan fingerprint density at radius 1 is 1.33 bits per heavy atom. The zero-order valence-corrected chi connectivity index (χ0v) is 10.8. The van der Waals surface area contributed by atoms with Crippen molar-refractivity contribution in [1.82, 2.24) is 5.32 Å². The first kappa shape index (κ1) is 13.0. The minimum Gasteiger partial charge on any atom is -0.311 e. The molecule has 98 valence electrons. The van der Waals surface area contributed by atoms with Gasteiger partial charge in [-0.2, -0.15) is 0 Å². The van der Waals surface area contributed by atoms with E-state index in [1.165, 1.54) is 24.8 Å². The van der Waals surface area contributed by atoms with E-state index in [-0.39, 0.29) is 10.6 Å². The molecule has 1 aliphatic rings. The summed E-state index contributed by atoms with van der Waals surface area (Å²) in [7, 11) is 0. The molecule has 4 nitrogen and oxygen atoms in total. The highest BCUT2D eigenvalue weighted by Crippen LogP contribution is 2.18. The summed E-state index contributed by atoms with van der Waals surface area (Å²) in [6.07, 6.45) is 5.93. The molecule has 4 heteroatoms. The molecule has 2 atom stereocenters. The monoisotopic (exact) mass is 248 g/mol. The van der Waals surface area contributed by atoms with Gasteiger partial charge in [-0.25, -0.2) is 0 Å². The van der Waals surface area contributed by atoms with Gasteiger partial charge in [-0.15, -0.1) is 0 Å². The van der Waals surface area contributed by atoms with Crippen LogP contribution in [0.4, 0.5) is 5.69 Å². The van der Waals surface area contributed by atoms with E-state index in [1.54, 1.807) is 12.1 Å². The molecule has 0 bridgehead atoms. The number of hydrogen-bond donors (Lipinski definition) is 1. The van der Waals surface area contributed by atoms with E-state index in [0.717, 1.165) is 12.8 Å². The van der Waals surface area contributed by atoms with Crippen molar-refractivity contribution >= 4 is 5.69 Å². The summed E-state index contributed by atoms with van der Waals surface area (Å²) in [5.41, 5.74) is 1.35. The third-order valence-electron chi connectivity index (χ3n) is 3.64. The summed E-state index contributed by atoms with van der Waals surface area (Å²) >= 11 is 0. The van der Waals surface area contributed by atoms with Gasteiger partial charge in [0, 0.05) is 24.2 Å². The van der Waals surface area contributed by atoms with Gasteiger partial charge < -0.3 is 5.32 Å². The van der Waals surface area contributed by atoms with Crippen molar-refractivity contribution in [2.45, 2.75) is 51.1 Å². The third kappa shape index (κ3) is 3.53. The Labute approximate surface area is 108 Å². The zero-order chi connectivity index (χ0) is 13.0. The van der Waals surface area contributed by atoms with E-state index in [1.807, 2.05) is 12.1 Å². The number of piperidine rings is 1. The molecule has 0 spiro atoms. The van der Waals surface area contributed by atoms with E-state index >= 15 is 0 Å². The maximum Gasteiger partial charge on any atom is 0.269 e. The predicted molar refractivity (Wildman–Crippen MR) is 71.7 cm³/mol. The number of aryl methyl sites for hydroxylation is 1. The molecule has 0 aromatic heterocycles. The second-order valence-electron chi connectivity index (χ2n) is 5.16. The number of nitrogens with one attached hydrogen (secondary N) is 1. The Hall–Kier alpha value is -1.42. The number of non-ortho nitro benzene ring substituents is 1. The summed E-state index contributed by atoms with van der Waals surface area (Å²) in [4.78, 5) is 10.2. The molecule has 0 radical (unpaired) electrons. The molecule has 1 N–H and O–H groups in total. The van der Waals surface area contributed by atoms with Crippen molar-refractivity contribution in [2.24, 2.45) is 0 Å². The molecule has 1 fully saturated rings. The number of benzene rings is 1. The van der Waals surface area contributed by atoms with Crippen LogP contribution in [0.1, 0.15) is 38.2 Å². The minimum absolute atomic E-state index is 0.170. The molecule has 1 aliphatic heterocycles. The Morgan fingerprint density at radius 2 is 2.06 bits per heavy atom. The average molecular weight is 248 g/mol. The lowest BCUT2D eigenvalue weighted by molar-refractivity contribution is -0.384. The lowest BCUT2D eigenvalue weighted by atomic mass is 9.95. The van der Waals surface area contributed by atoms with E-state index in [0.29, 0.717) is 12.1 Å². The molecule has 2 rings (SSSR count). The quantitative estimate of drug-likeness (QED) is 0.658. The van der Waals surface area contributed by atoms with E-state index in [9.17, 15) is 10.1 Å². The fourth-order valence-corrected chi connectivity index (χ4v) is 2.59. The average Bonchev–Trinajstić information content (AvgIpc) is 2.37. The molecule has 18 heavy (non-hydrogen) atoms. The normalized spacial score (nSPS) is 23.8. The van der Waals surface area contributed by atoms with Crippen LogP contribution in [-0.4, -0.2) is 17.0 Å². The van der Waals surface area contributed by atoms with Crippen molar-refractivity contribution in [1.29, 1.82) is 0 Å². The van der Waals surface area contributed by atoms with E-state index < -0.39 is 0 Å². The van der Waals surface area contributed by atoms with Crippen LogP contribution in [0.15, 0.2) is 24.3 Å². The van der Waals surface area contributed by atoms with Gasteiger partial charge in [-0.1, -0.05) is 18.6 Å². The summed E-state index contributed by atoms with van der Waals surface area (Å²) in [6.45, 7) is 2.23. The van der Waals surface area contributed by atoms with Gasteiger partial charge in [0.2, 0.25) is 0 Å². The lowest BCUT2D eigenvalue weighted by Gasteiger charge is -2.28. The second kappa shape index (κ2) is 5.96. The highest BCUT2D eigenvalue weighted by Gasteiger charge is 2.17. The van der Waals surface area contributed by atoms with E-state index in [4.69, 9.17) is 0 Å². The maximum absolute atomic E-state index is 10.5. The second-order valence-corrected chi connectivity index (χ2v) is 5.16. The van der Waals surface area contributed by atoms with Gasteiger partial charge >= 0.3 is 0 Å². The predicted octanol–water partition coefficient (Wildman–Crippen LogP) is 3.06.